The lowest BCUT2D eigenvalue weighted by atomic mass is 10.2. The van der Waals surface area contributed by atoms with Gasteiger partial charge in [-0.25, -0.2) is 10.8 Å². The Morgan fingerprint density at radius 1 is 1.39 bits per heavy atom. The minimum Gasteiger partial charge on any atom is -0.366 e. The van der Waals surface area contributed by atoms with Gasteiger partial charge in [-0.15, -0.1) is 0 Å². The first kappa shape index (κ1) is 13.2. The van der Waals surface area contributed by atoms with Crippen LogP contribution in [0.3, 0.4) is 0 Å². The van der Waals surface area contributed by atoms with E-state index >= 15 is 0 Å². The van der Waals surface area contributed by atoms with Gasteiger partial charge in [-0.05, 0) is 12.2 Å². The summed E-state index contributed by atoms with van der Waals surface area (Å²) in [7, 11) is 0. The quantitative estimate of drug-likeness (QED) is 0.577. The van der Waals surface area contributed by atoms with Crippen molar-refractivity contribution in [2.24, 2.45) is 5.84 Å². The maximum atomic E-state index is 12.6. The summed E-state index contributed by atoms with van der Waals surface area (Å²) in [6, 6.07) is 1.03. The third-order valence-corrected chi connectivity index (χ3v) is 3.59. The van der Waals surface area contributed by atoms with E-state index in [1.807, 2.05) is 5.43 Å². The molecule has 1 aliphatic heterocycles. The lowest BCUT2D eigenvalue weighted by molar-refractivity contribution is -0.141. The number of thioether (sulfide) groups is 1. The number of rotatable bonds is 3. The van der Waals surface area contributed by atoms with Gasteiger partial charge in [0.2, 0.25) is 5.95 Å². The normalized spacial score (nSPS) is 19.9. The van der Waals surface area contributed by atoms with Crippen molar-refractivity contribution in [2.45, 2.75) is 18.6 Å². The predicted octanol–water partition coefficient (Wildman–Crippen LogP) is 1.70. The molecule has 0 spiro atoms. The first-order chi connectivity index (χ1) is 8.49. The van der Waals surface area contributed by atoms with Crippen LogP contribution in [0.5, 0.6) is 0 Å². The SMILES string of the molecule is NNc1nc(NC2CCSC2)cc(C(F)(F)F)n1. The Bertz CT molecular complexity index is 419. The molecule has 0 bridgehead atoms. The number of halogens is 3. The fourth-order valence-corrected chi connectivity index (χ4v) is 2.74. The zero-order valence-electron chi connectivity index (χ0n) is 9.29. The Balaban J connectivity index is 2.23. The summed E-state index contributed by atoms with van der Waals surface area (Å²) in [5.41, 5.74) is 1.02. The first-order valence-electron chi connectivity index (χ1n) is 5.26. The lowest BCUT2D eigenvalue weighted by Gasteiger charge is -2.14. The third kappa shape index (κ3) is 3.16. The molecule has 0 amide bonds. The van der Waals surface area contributed by atoms with Crippen LogP contribution in [0.1, 0.15) is 12.1 Å². The number of nitrogen functional groups attached to an aromatic ring is 1. The van der Waals surface area contributed by atoms with Crippen molar-refractivity contribution in [2.75, 3.05) is 22.2 Å². The molecule has 9 heteroatoms. The monoisotopic (exact) mass is 279 g/mol. The van der Waals surface area contributed by atoms with Gasteiger partial charge in [0, 0.05) is 17.9 Å². The molecule has 1 atom stereocenters. The molecule has 1 aliphatic rings. The second kappa shape index (κ2) is 5.19. The summed E-state index contributed by atoms with van der Waals surface area (Å²) in [6.45, 7) is 0. The van der Waals surface area contributed by atoms with E-state index in [-0.39, 0.29) is 17.8 Å². The smallest absolute Gasteiger partial charge is 0.366 e. The molecule has 0 aromatic carbocycles. The zero-order valence-corrected chi connectivity index (χ0v) is 10.1. The maximum Gasteiger partial charge on any atom is 0.433 e. The van der Waals surface area contributed by atoms with E-state index < -0.39 is 11.9 Å². The molecule has 1 fully saturated rings. The van der Waals surface area contributed by atoms with E-state index in [0.717, 1.165) is 24.0 Å². The van der Waals surface area contributed by atoms with E-state index in [1.54, 1.807) is 11.8 Å². The van der Waals surface area contributed by atoms with Gasteiger partial charge in [0.15, 0.2) is 5.69 Å². The minimum absolute atomic E-state index is 0.136. The standard InChI is InChI=1S/C9H12F3N5S/c10-9(11,12)6-3-7(16-8(15-6)17-13)14-5-1-2-18-4-5/h3,5H,1-2,4,13H2,(H2,14,15,16,17). The second-order valence-electron chi connectivity index (χ2n) is 3.81. The molecule has 100 valence electrons. The van der Waals surface area contributed by atoms with E-state index in [1.165, 1.54) is 0 Å². The average molecular weight is 279 g/mol. The molecule has 1 aromatic heterocycles. The van der Waals surface area contributed by atoms with Crippen molar-refractivity contribution >= 4 is 23.5 Å². The van der Waals surface area contributed by atoms with Gasteiger partial charge >= 0.3 is 6.18 Å². The number of nitrogens with two attached hydrogens (primary N) is 1. The average Bonchev–Trinajstić information content (AvgIpc) is 2.80. The second-order valence-corrected chi connectivity index (χ2v) is 4.96. The van der Waals surface area contributed by atoms with Crippen LogP contribution < -0.4 is 16.6 Å². The van der Waals surface area contributed by atoms with Crippen LogP contribution in [0.2, 0.25) is 0 Å². The molecule has 1 saturated heterocycles. The topological polar surface area (TPSA) is 75.9 Å². The highest BCUT2D eigenvalue weighted by molar-refractivity contribution is 7.99. The van der Waals surface area contributed by atoms with E-state index in [4.69, 9.17) is 5.84 Å². The van der Waals surface area contributed by atoms with Crippen molar-refractivity contribution in [3.8, 4) is 0 Å². The fraction of sp³-hybridized carbons (Fsp3) is 0.556. The van der Waals surface area contributed by atoms with Crippen molar-refractivity contribution < 1.29 is 13.2 Å². The number of nitrogens with zero attached hydrogens (tertiary/aromatic N) is 2. The number of nitrogens with one attached hydrogen (secondary N) is 2. The molecule has 2 heterocycles. The van der Waals surface area contributed by atoms with Gasteiger partial charge in [0.1, 0.15) is 5.82 Å². The minimum atomic E-state index is -4.52. The Morgan fingerprint density at radius 3 is 2.72 bits per heavy atom. The predicted molar refractivity (Wildman–Crippen MR) is 64.2 cm³/mol. The Morgan fingerprint density at radius 2 is 2.17 bits per heavy atom. The van der Waals surface area contributed by atoms with Crippen molar-refractivity contribution in [1.82, 2.24) is 9.97 Å². The van der Waals surface area contributed by atoms with Crippen LogP contribution in [0.4, 0.5) is 24.9 Å². The number of hydrazine groups is 1. The van der Waals surface area contributed by atoms with Gasteiger partial charge in [-0.1, -0.05) is 0 Å². The van der Waals surface area contributed by atoms with Gasteiger partial charge in [0.05, 0.1) is 0 Å². The van der Waals surface area contributed by atoms with Crippen LogP contribution in [0.15, 0.2) is 6.07 Å². The van der Waals surface area contributed by atoms with Crippen LogP contribution in [0, 0.1) is 0 Å². The van der Waals surface area contributed by atoms with Gasteiger partial charge in [0.25, 0.3) is 0 Å². The molecule has 5 nitrogen and oxygen atoms in total. The zero-order chi connectivity index (χ0) is 13.2. The Kier molecular flexibility index (Phi) is 3.81. The van der Waals surface area contributed by atoms with Crippen LogP contribution >= 0.6 is 11.8 Å². The first-order valence-corrected chi connectivity index (χ1v) is 6.41. The number of anilines is 2. The molecular formula is C9H12F3N5S. The Labute approximate surface area is 106 Å². The van der Waals surface area contributed by atoms with Gasteiger partial charge in [-0.3, -0.25) is 5.43 Å². The number of alkyl halides is 3. The molecule has 1 unspecified atom stereocenters. The largest absolute Gasteiger partial charge is 0.433 e. The summed E-state index contributed by atoms with van der Waals surface area (Å²) in [4.78, 5) is 7.14. The van der Waals surface area contributed by atoms with E-state index in [0.29, 0.717) is 0 Å². The number of hydrogen-bond acceptors (Lipinski definition) is 6. The van der Waals surface area contributed by atoms with Crippen LogP contribution in [0.25, 0.3) is 0 Å². The number of aromatic nitrogens is 2. The van der Waals surface area contributed by atoms with Crippen molar-refractivity contribution in [1.29, 1.82) is 0 Å². The highest BCUT2D eigenvalue weighted by atomic mass is 32.2. The maximum absolute atomic E-state index is 12.6. The van der Waals surface area contributed by atoms with E-state index in [9.17, 15) is 13.2 Å². The third-order valence-electron chi connectivity index (χ3n) is 2.43. The number of hydrogen-bond donors (Lipinski definition) is 3. The molecular weight excluding hydrogens is 267 g/mol. The van der Waals surface area contributed by atoms with Crippen molar-refractivity contribution in [3.63, 3.8) is 0 Å². The molecule has 1 aromatic rings. The summed E-state index contributed by atoms with van der Waals surface area (Å²) < 4.78 is 37.8. The van der Waals surface area contributed by atoms with E-state index in [2.05, 4.69) is 15.3 Å². The molecule has 2 rings (SSSR count). The fourth-order valence-electron chi connectivity index (χ4n) is 1.59. The molecule has 0 aliphatic carbocycles. The van der Waals surface area contributed by atoms with Gasteiger partial charge < -0.3 is 5.32 Å². The van der Waals surface area contributed by atoms with Crippen molar-refractivity contribution in [3.05, 3.63) is 11.8 Å². The summed E-state index contributed by atoms with van der Waals surface area (Å²) in [5, 5.41) is 2.96. The molecule has 4 N–H and O–H groups in total. The summed E-state index contributed by atoms with van der Waals surface area (Å²) >= 11 is 1.75. The summed E-state index contributed by atoms with van der Waals surface area (Å²) in [5.74, 6) is 6.80. The highest BCUT2D eigenvalue weighted by Gasteiger charge is 2.34. The molecule has 18 heavy (non-hydrogen) atoms. The molecule has 0 saturated carbocycles. The highest BCUT2D eigenvalue weighted by Crippen LogP contribution is 2.30. The molecule has 0 radical (unpaired) electrons. The Hall–Kier alpha value is -1.22. The lowest BCUT2D eigenvalue weighted by Crippen LogP contribution is -2.22. The van der Waals surface area contributed by atoms with Crippen LogP contribution in [-0.2, 0) is 6.18 Å². The van der Waals surface area contributed by atoms with Crippen LogP contribution in [-0.4, -0.2) is 27.5 Å². The summed E-state index contributed by atoms with van der Waals surface area (Å²) in [6.07, 6.45) is -3.61. The van der Waals surface area contributed by atoms with Gasteiger partial charge in [-0.2, -0.15) is 29.9 Å².